The van der Waals surface area contributed by atoms with Crippen molar-refractivity contribution < 1.29 is 0 Å². The van der Waals surface area contributed by atoms with Gasteiger partial charge in [-0.3, -0.25) is 4.98 Å². The van der Waals surface area contributed by atoms with Crippen LogP contribution in [-0.4, -0.2) is 4.98 Å². The van der Waals surface area contributed by atoms with E-state index in [-0.39, 0.29) is 0 Å². The summed E-state index contributed by atoms with van der Waals surface area (Å²) in [6, 6.07) is 17.9. The topological polar surface area (TPSA) is 12.9 Å². The van der Waals surface area contributed by atoms with Crippen LogP contribution in [0, 0.1) is 6.92 Å². The van der Waals surface area contributed by atoms with Gasteiger partial charge in [0, 0.05) is 11.9 Å². The minimum Gasteiger partial charge on any atom is -0.262 e. The van der Waals surface area contributed by atoms with Crippen molar-refractivity contribution in [1.82, 2.24) is 4.98 Å². The van der Waals surface area contributed by atoms with Gasteiger partial charge in [-0.2, -0.15) is 0 Å². The molecular weight excluding hydrogens is 158 g/mol. The highest BCUT2D eigenvalue weighted by Crippen LogP contribution is 1.86. The SMILES string of the molecule is Cc1ccccn1.c1ccccc1. The van der Waals surface area contributed by atoms with Crippen LogP contribution in [0.2, 0.25) is 0 Å². The largest absolute Gasteiger partial charge is 0.262 e. The van der Waals surface area contributed by atoms with Crippen molar-refractivity contribution in [3.63, 3.8) is 0 Å². The molecule has 0 aliphatic rings. The van der Waals surface area contributed by atoms with Crippen molar-refractivity contribution in [1.29, 1.82) is 0 Å². The zero-order valence-electron chi connectivity index (χ0n) is 7.72. The van der Waals surface area contributed by atoms with Crippen molar-refractivity contribution in [2.45, 2.75) is 6.92 Å². The second kappa shape index (κ2) is 5.95. The quantitative estimate of drug-likeness (QED) is 0.593. The highest BCUT2D eigenvalue weighted by Gasteiger charge is 1.73. The van der Waals surface area contributed by atoms with Crippen LogP contribution in [0.15, 0.2) is 60.8 Å². The van der Waals surface area contributed by atoms with Gasteiger partial charge in [-0.25, -0.2) is 0 Å². The van der Waals surface area contributed by atoms with E-state index in [0.717, 1.165) is 5.69 Å². The molecule has 1 nitrogen and oxygen atoms in total. The van der Waals surface area contributed by atoms with Crippen molar-refractivity contribution in [2.75, 3.05) is 0 Å². The first-order chi connectivity index (χ1) is 6.39. The normalized spacial score (nSPS) is 8.38. The molecular formula is C12H13N. The van der Waals surface area contributed by atoms with Crippen molar-refractivity contribution >= 4 is 0 Å². The molecule has 0 amide bonds. The van der Waals surface area contributed by atoms with Crippen LogP contribution < -0.4 is 0 Å². The van der Waals surface area contributed by atoms with Gasteiger partial charge in [0.2, 0.25) is 0 Å². The molecule has 0 aliphatic heterocycles. The van der Waals surface area contributed by atoms with Crippen LogP contribution in [0.1, 0.15) is 5.69 Å². The van der Waals surface area contributed by atoms with E-state index >= 15 is 0 Å². The molecule has 1 heteroatoms. The summed E-state index contributed by atoms with van der Waals surface area (Å²) < 4.78 is 0. The zero-order chi connectivity index (χ0) is 9.36. The Kier molecular flexibility index (Phi) is 4.33. The number of hydrogen-bond acceptors (Lipinski definition) is 1. The van der Waals surface area contributed by atoms with E-state index in [2.05, 4.69) is 4.98 Å². The Bertz CT molecular complexity index is 276. The van der Waals surface area contributed by atoms with Gasteiger partial charge in [-0.05, 0) is 19.1 Å². The van der Waals surface area contributed by atoms with E-state index in [1.807, 2.05) is 61.5 Å². The van der Waals surface area contributed by atoms with E-state index in [1.54, 1.807) is 6.20 Å². The van der Waals surface area contributed by atoms with E-state index in [9.17, 15) is 0 Å². The summed E-state index contributed by atoms with van der Waals surface area (Å²) in [5.41, 5.74) is 1.07. The second-order valence-electron chi connectivity index (χ2n) is 2.63. The average Bonchev–Trinajstić information content (AvgIpc) is 2.22. The van der Waals surface area contributed by atoms with Crippen LogP contribution in [0.4, 0.5) is 0 Å². The third-order valence-electron chi connectivity index (χ3n) is 1.48. The molecule has 0 aliphatic carbocycles. The number of nitrogens with zero attached hydrogens (tertiary/aromatic N) is 1. The Morgan fingerprint density at radius 2 is 1.31 bits per heavy atom. The maximum atomic E-state index is 3.98. The Morgan fingerprint density at radius 3 is 1.54 bits per heavy atom. The lowest BCUT2D eigenvalue weighted by Crippen LogP contribution is -1.72. The first-order valence-electron chi connectivity index (χ1n) is 4.27. The van der Waals surface area contributed by atoms with Crippen LogP contribution in [0.5, 0.6) is 0 Å². The van der Waals surface area contributed by atoms with E-state index in [0.29, 0.717) is 0 Å². The highest BCUT2D eigenvalue weighted by molar-refractivity contribution is 5.00. The fraction of sp³-hybridized carbons (Fsp3) is 0.0833. The molecule has 0 unspecified atom stereocenters. The Morgan fingerprint density at radius 1 is 0.769 bits per heavy atom. The number of rotatable bonds is 0. The summed E-state index contributed by atoms with van der Waals surface area (Å²) in [4.78, 5) is 3.98. The third-order valence-corrected chi connectivity index (χ3v) is 1.48. The summed E-state index contributed by atoms with van der Waals surface area (Å²) in [5, 5.41) is 0. The van der Waals surface area contributed by atoms with Crippen LogP contribution >= 0.6 is 0 Å². The number of benzene rings is 1. The molecule has 66 valence electrons. The summed E-state index contributed by atoms with van der Waals surface area (Å²) in [6.45, 7) is 1.97. The molecule has 2 rings (SSSR count). The molecule has 0 bridgehead atoms. The number of aryl methyl sites for hydroxylation is 1. The molecule has 0 saturated carbocycles. The van der Waals surface area contributed by atoms with Gasteiger partial charge in [-0.1, -0.05) is 42.5 Å². The smallest absolute Gasteiger partial charge is 0.0372 e. The molecule has 0 saturated heterocycles. The first-order valence-corrected chi connectivity index (χ1v) is 4.27. The molecule has 1 heterocycles. The number of pyridine rings is 1. The lowest BCUT2D eigenvalue weighted by atomic mass is 10.4. The molecule has 1 aromatic carbocycles. The van der Waals surface area contributed by atoms with Crippen molar-refractivity contribution in [3.05, 3.63) is 66.5 Å². The molecule has 2 aromatic rings. The maximum Gasteiger partial charge on any atom is 0.0372 e. The molecule has 0 radical (unpaired) electrons. The minimum absolute atomic E-state index is 1.07. The monoisotopic (exact) mass is 171 g/mol. The summed E-state index contributed by atoms with van der Waals surface area (Å²) in [7, 11) is 0. The van der Waals surface area contributed by atoms with Gasteiger partial charge < -0.3 is 0 Å². The molecule has 0 fully saturated rings. The Labute approximate surface area is 79.1 Å². The second-order valence-corrected chi connectivity index (χ2v) is 2.63. The van der Waals surface area contributed by atoms with Crippen molar-refractivity contribution in [3.8, 4) is 0 Å². The number of hydrogen-bond donors (Lipinski definition) is 0. The van der Waals surface area contributed by atoms with Crippen LogP contribution in [0.3, 0.4) is 0 Å². The molecule has 0 spiro atoms. The highest BCUT2D eigenvalue weighted by atomic mass is 14.6. The van der Waals surface area contributed by atoms with Crippen LogP contribution in [0.25, 0.3) is 0 Å². The summed E-state index contributed by atoms with van der Waals surface area (Å²) in [5.74, 6) is 0. The molecule has 1 aromatic heterocycles. The van der Waals surface area contributed by atoms with Gasteiger partial charge in [-0.15, -0.1) is 0 Å². The van der Waals surface area contributed by atoms with Gasteiger partial charge in [0.25, 0.3) is 0 Å². The van der Waals surface area contributed by atoms with Crippen molar-refractivity contribution in [2.24, 2.45) is 0 Å². The summed E-state index contributed by atoms with van der Waals surface area (Å²) in [6.07, 6.45) is 1.79. The summed E-state index contributed by atoms with van der Waals surface area (Å²) >= 11 is 0. The lowest BCUT2D eigenvalue weighted by molar-refractivity contribution is 1.20. The fourth-order valence-corrected chi connectivity index (χ4v) is 0.833. The lowest BCUT2D eigenvalue weighted by Gasteiger charge is -1.82. The molecule has 0 N–H and O–H groups in total. The molecule has 0 atom stereocenters. The predicted molar refractivity (Wildman–Crippen MR) is 55.4 cm³/mol. The van der Waals surface area contributed by atoms with Gasteiger partial charge in [0.1, 0.15) is 0 Å². The average molecular weight is 171 g/mol. The Balaban J connectivity index is 0.000000132. The fourth-order valence-electron chi connectivity index (χ4n) is 0.833. The van der Waals surface area contributed by atoms with Gasteiger partial charge in [0.05, 0.1) is 0 Å². The van der Waals surface area contributed by atoms with Crippen LogP contribution in [-0.2, 0) is 0 Å². The minimum atomic E-state index is 1.07. The molecule has 13 heavy (non-hydrogen) atoms. The van der Waals surface area contributed by atoms with Gasteiger partial charge >= 0.3 is 0 Å². The maximum absolute atomic E-state index is 3.98. The van der Waals surface area contributed by atoms with Gasteiger partial charge in [0.15, 0.2) is 0 Å². The first kappa shape index (κ1) is 9.46. The van der Waals surface area contributed by atoms with E-state index < -0.39 is 0 Å². The standard InChI is InChI=1S/C6H7N.C6H6/c1-6-4-2-3-5-7-6;1-2-4-6-5-3-1/h2-5H,1H3;1-6H. The number of aromatic nitrogens is 1. The Hall–Kier alpha value is -1.63. The predicted octanol–water partition coefficient (Wildman–Crippen LogP) is 3.08. The van der Waals surface area contributed by atoms with E-state index in [1.165, 1.54) is 0 Å². The van der Waals surface area contributed by atoms with E-state index in [4.69, 9.17) is 0 Å². The zero-order valence-corrected chi connectivity index (χ0v) is 7.72. The third kappa shape index (κ3) is 4.75.